The Bertz CT molecular complexity index is 666. The molecule has 0 aliphatic carbocycles. The lowest BCUT2D eigenvalue weighted by molar-refractivity contribution is 0.0591. The van der Waals surface area contributed by atoms with Crippen LogP contribution in [-0.2, 0) is 0 Å². The van der Waals surface area contributed by atoms with E-state index in [-0.39, 0.29) is 12.0 Å². The summed E-state index contributed by atoms with van der Waals surface area (Å²) < 4.78 is 6.79. The van der Waals surface area contributed by atoms with Crippen LogP contribution in [0, 0.1) is 6.92 Å². The number of hydrogen-bond donors (Lipinski definition) is 0. The molecule has 116 valence electrons. The van der Waals surface area contributed by atoms with E-state index < -0.39 is 0 Å². The Morgan fingerprint density at radius 1 is 1.45 bits per heavy atom. The molecule has 0 unspecified atom stereocenters. The van der Waals surface area contributed by atoms with Crippen molar-refractivity contribution in [3.8, 4) is 5.88 Å². The van der Waals surface area contributed by atoms with E-state index in [0.29, 0.717) is 5.88 Å². The van der Waals surface area contributed by atoms with E-state index in [0.717, 1.165) is 40.8 Å². The van der Waals surface area contributed by atoms with E-state index in [1.807, 2.05) is 35.4 Å². The van der Waals surface area contributed by atoms with E-state index in [9.17, 15) is 4.79 Å². The number of halogens is 1. The Labute approximate surface area is 142 Å². The third-order valence-electron chi connectivity index (χ3n) is 3.67. The van der Waals surface area contributed by atoms with E-state index in [1.54, 1.807) is 6.20 Å². The van der Waals surface area contributed by atoms with E-state index in [4.69, 9.17) is 4.74 Å². The molecule has 1 saturated heterocycles. The average molecular weight is 381 g/mol. The number of likely N-dealkylation sites (tertiary alicyclic amines) is 1. The maximum Gasteiger partial charge on any atom is 0.263 e. The maximum absolute atomic E-state index is 12.4. The molecule has 2 aromatic rings. The number of aromatic nitrogens is 1. The van der Waals surface area contributed by atoms with Crippen molar-refractivity contribution in [3.05, 3.63) is 44.7 Å². The lowest BCUT2D eigenvalue weighted by Gasteiger charge is -2.31. The Balaban J connectivity index is 1.56. The van der Waals surface area contributed by atoms with Gasteiger partial charge in [-0.15, -0.1) is 11.3 Å². The average Bonchev–Trinajstić information content (AvgIpc) is 2.96. The summed E-state index contributed by atoms with van der Waals surface area (Å²) in [5.74, 6) is 0.761. The van der Waals surface area contributed by atoms with Gasteiger partial charge in [0.05, 0.1) is 9.35 Å². The van der Waals surface area contributed by atoms with Crippen molar-refractivity contribution in [1.29, 1.82) is 0 Å². The molecule has 22 heavy (non-hydrogen) atoms. The summed E-state index contributed by atoms with van der Waals surface area (Å²) in [5.41, 5.74) is 1.14. The van der Waals surface area contributed by atoms with Crippen LogP contribution in [0.3, 0.4) is 0 Å². The van der Waals surface area contributed by atoms with Crippen molar-refractivity contribution in [2.45, 2.75) is 25.9 Å². The lowest BCUT2D eigenvalue weighted by atomic mass is 10.1. The van der Waals surface area contributed by atoms with Crippen LogP contribution >= 0.6 is 27.3 Å². The van der Waals surface area contributed by atoms with Gasteiger partial charge in [0.15, 0.2) is 0 Å². The minimum absolute atomic E-state index is 0.111. The number of rotatable bonds is 3. The van der Waals surface area contributed by atoms with Gasteiger partial charge in [-0.25, -0.2) is 4.98 Å². The highest BCUT2D eigenvalue weighted by molar-refractivity contribution is 9.10. The standard InChI is InChI=1S/C16H17BrN2O2S/c1-11-9-14(22-10-11)16(20)19-7-4-12(5-8-19)21-15-13(17)3-2-6-18-15/h2-3,6,9-10,12H,4-5,7-8H2,1H3. The zero-order valence-electron chi connectivity index (χ0n) is 12.3. The van der Waals surface area contributed by atoms with Crippen LogP contribution in [-0.4, -0.2) is 35.0 Å². The summed E-state index contributed by atoms with van der Waals surface area (Å²) in [7, 11) is 0. The van der Waals surface area contributed by atoms with E-state index >= 15 is 0 Å². The molecule has 6 heteroatoms. The van der Waals surface area contributed by atoms with Crippen LogP contribution in [0.2, 0.25) is 0 Å². The predicted molar refractivity (Wildman–Crippen MR) is 90.5 cm³/mol. The first-order chi connectivity index (χ1) is 10.6. The molecule has 0 radical (unpaired) electrons. The van der Waals surface area contributed by atoms with Crippen LogP contribution in [0.15, 0.2) is 34.2 Å². The van der Waals surface area contributed by atoms with E-state index in [1.165, 1.54) is 11.3 Å². The highest BCUT2D eigenvalue weighted by Crippen LogP contribution is 2.25. The highest BCUT2D eigenvalue weighted by Gasteiger charge is 2.25. The van der Waals surface area contributed by atoms with Gasteiger partial charge in [-0.05, 0) is 52.0 Å². The summed E-state index contributed by atoms with van der Waals surface area (Å²) in [6.45, 7) is 3.47. The fourth-order valence-electron chi connectivity index (χ4n) is 2.49. The molecule has 2 aromatic heterocycles. The first-order valence-electron chi connectivity index (χ1n) is 7.25. The number of carbonyl (C=O) groups is 1. The number of pyridine rings is 1. The van der Waals surface area contributed by atoms with Crippen molar-refractivity contribution < 1.29 is 9.53 Å². The summed E-state index contributed by atoms with van der Waals surface area (Å²) in [5, 5.41) is 2.02. The Hall–Kier alpha value is -1.40. The van der Waals surface area contributed by atoms with Gasteiger partial charge in [0.25, 0.3) is 5.91 Å². The molecule has 1 aliphatic heterocycles. The van der Waals surface area contributed by atoms with Gasteiger partial charge in [-0.2, -0.15) is 0 Å². The Morgan fingerprint density at radius 3 is 2.86 bits per heavy atom. The van der Waals surface area contributed by atoms with Crippen LogP contribution in [0.1, 0.15) is 28.1 Å². The second kappa shape index (κ2) is 6.79. The lowest BCUT2D eigenvalue weighted by Crippen LogP contribution is -2.41. The van der Waals surface area contributed by atoms with Crippen molar-refractivity contribution >= 4 is 33.2 Å². The third-order valence-corrected chi connectivity index (χ3v) is 5.31. The maximum atomic E-state index is 12.4. The summed E-state index contributed by atoms with van der Waals surface area (Å²) in [6.07, 6.45) is 3.50. The molecular formula is C16H17BrN2O2S. The van der Waals surface area contributed by atoms with Crippen LogP contribution in [0.4, 0.5) is 0 Å². The third kappa shape index (κ3) is 3.50. The zero-order valence-corrected chi connectivity index (χ0v) is 14.7. The zero-order chi connectivity index (χ0) is 15.5. The Morgan fingerprint density at radius 2 is 2.23 bits per heavy atom. The molecule has 3 heterocycles. The molecule has 0 spiro atoms. The van der Waals surface area contributed by atoms with Crippen LogP contribution in [0.5, 0.6) is 5.88 Å². The quantitative estimate of drug-likeness (QED) is 0.810. The second-order valence-electron chi connectivity index (χ2n) is 5.39. The Kier molecular flexibility index (Phi) is 4.78. The second-order valence-corrected chi connectivity index (χ2v) is 7.15. The van der Waals surface area contributed by atoms with Gasteiger partial charge in [-0.1, -0.05) is 0 Å². The smallest absolute Gasteiger partial charge is 0.263 e. The number of aryl methyl sites for hydroxylation is 1. The minimum atomic E-state index is 0.111. The topological polar surface area (TPSA) is 42.4 Å². The highest BCUT2D eigenvalue weighted by atomic mass is 79.9. The fraction of sp³-hybridized carbons (Fsp3) is 0.375. The molecule has 0 saturated carbocycles. The molecule has 1 amide bonds. The van der Waals surface area contributed by atoms with Gasteiger partial charge >= 0.3 is 0 Å². The number of ether oxygens (including phenoxy) is 1. The number of carbonyl (C=O) groups excluding carboxylic acids is 1. The van der Waals surface area contributed by atoms with Crippen molar-refractivity contribution in [1.82, 2.24) is 9.88 Å². The molecule has 0 bridgehead atoms. The van der Waals surface area contributed by atoms with Crippen LogP contribution in [0.25, 0.3) is 0 Å². The first-order valence-corrected chi connectivity index (χ1v) is 8.92. The van der Waals surface area contributed by atoms with Crippen molar-refractivity contribution in [3.63, 3.8) is 0 Å². The molecule has 0 aromatic carbocycles. The summed E-state index contributed by atoms with van der Waals surface area (Å²) >= 11 is 4.96. The summed E-state index contributed by atoms with van der Waals surface area (Å²) in [6, 6.07) is 5.74. The van der Waals surface area contributed by atoms with Gasteiger partial charge in [0.2, 0.25) is 5.88 Å². The molecular weight excluding hydrogens is 364 g/mol. The molecule has 1 fully saturated rings. The first kappa shape index (κ1) is 15.5. The normalized spacial score (nSPS) is 15.8. The van der Waals surface area contributed by atoms with Crippen molar-refractivity contribution in [2.24, 2.45) is 0 Å². The number of thiophene rings is 1. The predicted octanol–water partition coefficient (Wildman–Crippen LogP) is 3.90. The van der Waals surface area contributed by atoms with Gasteiger partial charge in [-0.3, -0.25) is 4.79 Å². The van der Waals surface area contributed by atoms with Gasteiger partial charge < -0.3 is 9.64 Å². The molecule has 4 nitrogen and oxygen atoms in total. The van der Waals surface area contributed by atoms with E-state index in [2.05, 4.69) is 20.9 Å². The molecule has 3 rings (SSSR count). The number of amides is 1. The van der Waals surface area contributed by atoms with Gasteiger partial charge in [0.1, 0.15) is 6.10 Å². The SMILES string of the molecule is Cc1csc(C(=O)N2CCC(Oc3ncccc3Br)CC2)c1. The number of hydrogen-bond acceptors (Lipinski definition) is 4. The largest absolute Gasteiger partial charge is 0.473 e. The minimum Gasteiger partial charge on any atom is -0.473 e. The van der Waals surface area contributed by atoms with Crippen molar-refractivity contribution in [2.75, 3.05) is 13.1 Å². The molecule has 0 N–H and O–H groups in total. The summed E-state index contributed by atoms with van der Waals surface area (Å²) in [4.78, 5) is 19.4. The number of nitrogens with zero attached hydrogens (tertiary/aromatic N) is 2. The molecule has 1 aliphatic rings. The monoisotopic (exact) mass is 380 g/mol. The molecule has 0 atom stereocenters. The van der Waals surface area contributed by atoms with Crippen LogP contribution < -0.4 is 4.74 Å². The fourth-order valence-corrected chi connectivity index (χ4v) is 3.70. The number of piperidine rings is 1. The van der Waals surface area contributed by atoms with Gasteiger partial charge in [0, 0.05) is 32.1 Å².